The van der Waals surface area contributed by atoms with Gasteiger partial charge in [-0.3, -0.25) is 9.59 Å². The fourth-order valence-electron chi connectivity index (χ4n) is 4.00. The van der Waals surface area contributed by atoms with Crippen LogP contribution in [0.1, 0.15) is 26.3 Å². The van der Waals surface area contributed by atoms with Crippen molar-refractivity contribution >= 4 is 28.3 Å². The van der Waals surface area contributed by atoms with Crippen molar-refractivity contribution in [3.63, 3.8) is 0 Å². The molecule has 7 nitrogen and oxygen atoms in total. The number of methoxy groups -OCH3 is 3. The maximum absolute atomic E-state index is 13.2. The Balaban J connectivity index is 1.47. The minimum atomic E-state index is -0.358. The van der Waals surface area contributed by atoms with Crippen LogP contribution in [0, 0.1) is 0 Å². The summed E-state index contributed by atoms with van der Waals surface area (Å²) < 4.78 is 16.1. The van der Waals surface area contributed by atoms with E-state index in [0.29, 0.717) is 47.0 Å². The number of ether oxygens (including phenoxy) is 3. The summed E-state index contributed by atoms with van der Waals surface area (Å²) in [6, 6.07) is 23.9. The summed E-state index contributed by atoms with van der Waals surface area (Å²) in [6.07, 6.45) is 0.606. The molecule has 2 amide bonds. The quantitative estimate of drug-likeness (QED) is 0.346. The molecule has 0 saturated carbocycles. The second kappa shape index (κ2) is 11.3. The van der Waals surface area contributed by atoms with E-state index in [1.807, 2.05) is 48.5 Å². The molecule has 0 aliphatic heterocycles. The van der Waals surface area contributed by atoms with Crippen molar-refractivity contribution in [1.29, 1.82) is 0 Å². The fraction of sp³-hybridized carbons (Fsp3) is 0.172. The highest BCUT2D eigenvalue weighted by Crippen LogP contribution is 2.28. The summed E-state index contributed by atoms with van der Waals surface area (Å²) in [5, 5.41) is 7.69. The number of benzene rings is 4. The van der Waals surface area contributed by atoms with Gasteiger partial charge in [0.2, 0.25) is 0 Å². The Bertz CT molecular complexity index is 1400. The first-order valence-electron chi connectivity index (χ1n) is 11.5. The molecule has 4 aromatic rings. The van der Waals surface area contributed by atoms with Gasteiger partial charge in [-0.25, -0.2) is 0 Å². The number of fused-ring (bicyclic) bond motifs is 1. The first-order valence-corrected chi connectivity index (χ1v) is 11.5. The standard InChI is InChI=1S/C29H28N2O5/c1-34-25-13-12-19(16-27(25)36-3)14-15-30-28(32)22-10-6-7-11-24(22)31-29(33)23-17-20-8-4-5-9-21(20)18-26(23)35-2/h4-13,16-18H,14-15H2,1-3H3,(H,30,32)(H,31,33). The van der Waals surface area contributed by atoms with Gasteiger partial charge in [-0.05, 0) is 59.2 Å². The molecule has 0 bridgehead atoms. The van der Waals surface area contributed by atoms with Crippen molar-refractivity contribution in [2.75, 3.05) is 33.2 Å². The molecule has 0 saturated heterocycles. The first kappa shape index (κ1) is 24.6. The zero-order chi connectivity index (χ0) is 25.5. The highest BCUT2D eigenvalue weighted by atomic mass is 16.5. The van der Waals surface area contributed by atoms with Gasteiger partial charge in [0.25, 0.3) is 11.8 Å². The third-order valence-corrected chi connectivity index (χ3v) is 5.88. The fourth-order valence-corrected chi connectivity index (χ4v) is 4.00. The molecule has 0 aromatic heterocycles. The number of hydrogen-bond donors (Lipinski definition) is 2. The number of carbonyl (C=O) groups is 2. The van der Waals surface area contributed by atoms with Crippen molar-refractivity contribution < 1.29 is 23.8 Å². The lowest BCUT2D eigenvalue weighted by Crippen LogP contribution is -2.27. The molecule has 0 aliphatic rings. The summed E-state index contributed by atoms with van der Waals surface area (Å²) in [6.45, 7) is 0.412. The van der Waals surface area contributed by atoms with Gasteiger partial charge in [0.05, 0.1) is 38.1 Å². The molecule has 4 aromatic carbocycles. The lowest BCUT2D eigenvalue weighted by Gasteiger charge is -2.14. The van der Waals surface area contributed by atoms with Crippen LogP contribution in [-0.2, 0) is 6.42 Å². The minimum absolute atomic E-state index is 0.281. The summed E-state index contributed by atoms with van der Waals surface area (Å²) >= 11 is 0. The van der Waals surface area contributed by atoms with Crippen LogP contribution in [0.5, 0.6) is 17.2 Å². The number of hydrogen-bond acceptors (Lipinski definition) is 5. The molecular weight excluding hydrogens is 456 g/mol. The smallest absolute Gasteiger partial charge is 0.259 e. The van der Waals surface area contributed by atoms with Gasteiger partial charge < -0.3 is 24.8 Å². The highest BCUT2D eigenvalue weighted by molar-refractivity contribution is 6.11. The van der Waals surface area contributed by atoms with Gasteiger partial charge in [0, 0.05) is 6.54 Å². The summed E-state index contributed by atoms with van der Waals surface area (Å²) in [7, 11) is 4.70. The Morgan fingerprint density at radius 3 is 2.06 bits per heavy atom. The maximum Gasteiger partial charge on any atom is 0.259 e. The lowest BCUT2D eigenvalue weighted by atomic mass is 10.0. The van der Waals surface area contributed by atoms with Crippen LogP contribution < -0.4 is 24.8 Å². The molecule has 0 unspecified atom stereocenters. The van der Waals surface area contributed by atoms with Gasteiger partial charge in [-0.1, -0.05) is 42.5 Å². The summed E-state index contributed by atoms with van der Waals surface area (Å²) in [5.74, 6) is 1.11. The number of carbonyl (C=O) groups excluding carboxylic acids is 2. The molecule has 0 radical (unpaired) electrons. The first-order chi connectivity index (χ1) is 17.5. The zero-order valence-corrected chi connectivity index (χ0v) is 20.5. The van der Waals surface area contributed by atoms with E-state index in [1.165, 1.54) is 7.11 Å². The van der Waals surface area contributed by atoms with E-state index in [-0.39, 0.29) is 11.8 Å². The topological polar surface area (TPSA) is 85.9 Å². The molecule has 0 atom stereocenters. The Hall–Kier alpha value is -4.52. The van der Waals surface area contributed by atoms with E-state index in [0.717, 1.165) is 16.3 Å². The summed E-state index contributed by atoms with van der Waals surface area (Å²) in [5.41, 5.74) is 2.18. The second-order valence-electron chi connectivity index (χ2n) is 8.09. The van der Waals surface area contributed by atoms with Crippen LogP contribution >= 0.6 is 0 Å². The Kier molecular flexibility index (Phi) is 7.70. The van der Waals surface area contributed by atoms with Crippen LogP contribution in [0.15, 0.2) is 78.9 Å². The van der Waals surface area contributed by atoms with Gasteiger partial charge in [-0.2, -0.15) is 0 Å². The average Bonchev–Trinajstić information content (AvgIpc) is 2.92. The third kappa shape index (κ3) is 5.41. The molecule has 4 rings (SSSR count). The number of anilines is 1. The van der Waals surface area contributed by atoms with Gasteiger partial charge >= 0.3 is 0 Å². The lowest BCUT2D eigenvalue weighted by molar-refractivity contribution is 0.0955. The molecule has 0 fully saturated rings. The Labute approximate surface area is 210 Å². The molecule has 36 heavy (non-hydrogen) atoms. The van der Waals surface area contributed by atoms with Crippen molar-refractivity contribution in [3.05, 3.63) is 95.6 Å². The van der Waals surface area contributed by atoms with Crippen LogP contribution in [0.3, 0.4) is 0 Å². The second-order valence-corrected chi connectivity index (χ2v) is 8.09. The average molecular weight is 485 g/mol. The largest absolute Gasteiger partial charge is 0.496 e. The van der Waals surface area contributed by atoms with Crippen molar-refractivity contribution in [2.45, 2.75) is 6.42 Å². The van der Waals surface area contributed by atoms with Gasteiger partial charge in [-0.15, -0.1) is 0 Å². The molecule has 0 aliphatic carbocycles. The maximum atomic E-state index is 13.2. The monoisotopic (exact) mass is 484 g/mol. The minimum Gasteiger partial charge on any atom is -0.496 e. The normalized spacial score (nSPS) is 10.5. The van der Waals surface area contributed by atoms with E-state index >= 15 is 0 Å². The molecular formula is C29H28N2O5. The Morgan fingerprint density at radius 2 is 1.33 bits per heavy atom. The van der Waals surface area contributed by atoms with Gasteiger partial charge in [0.15, 0.2) is 11.5 Å². The number of para-hydroxylation sites is 1. The molecule has 0 heterocycles. The van der Waals surface area contributed by atoms with Crippen LogP contribution in [0.4, 0.5) is 5.69 Å². The van der Waals surface area contributed by atoms with Crippen LogP contribution in [0.2, 0.25) is 0 Å². The number of rotatable bonds is 9. The predicted octanol–water partition coefficient (Wildman–Crippen LogP) is 5.09. The zero-order valence-electron chi connectivity index (χ0n) is 20.5. The van der Waals surface area contributed by atoms with E-state index in [2.05, 4.69) is 10.6 Å². The van der Waals surface area contributed by atoms with Crippen molar-refractivity contribution in [2.24, 2.45) is 0 Å². The van der Waals surface area contributed by atoms with E-state index < -0.39 is 0 Å². The van der Waals surface area contributed by atoms with Crippen molar-refractivity contribution in [1.82, 2.24) is 5.32 Å². The molecule has 184 valence electrons. The van der Waals surface area contributed by atoms with Gasteiger partial charge in [0.1, 0.15) is 5.75 Å². The van der Waals surface area contributed by atoms with E-state index in [1.54, 1.807) is 44.6 Å². The third-order valence-electron chi connectivity index (χ3n) is 5.88. The van der Waals surface area contributed by atoms with Crippen molar-refractivity contribution in [3.8, 4) is 17.2 Å². The molecule has 2 N–H and O–H groups in total. The number of nitrogens with one attached hydrogen (secondary N) is 2. The SMILES string of the molecule is COc1ccc(CCNC(=O)c2ccccc2NC(=O)c2cc3ccccc3cc2OC)cc1OC. The van der Waals surface area contributed by atoms with Crippen LogP contribution in [-0.4, -0.2) is 39.7 Å². The predicted molar refractivity (Wildman–Crippen MR) is 140 cm³/mol. The highest BCUT2D eigenvalue weighted by Gasteiger charge is 2.17. The number of amides is 2. The van der Waals surface area contributed by atoms with E-state index in [9.17, 15) is 9.59 Å². The summed E-state index contributed by atoms with van der Waals surface area (Å²) in [4.78, 5) is 26.1. The molecule has 0 spiro atoms. The van der Waals surface area contributed by atoms with E-state index in [4.69, 9.17) is 14.2 Å². The Morgan fingerprint density at radius 1 is 0.667 bits per heavy atom. The van der Waals surface area contributed by atoms with Crippen LogP contribution in [0.25, 0.3) is 10.8 Å². The molecule has 7 heteroatoms.